The van der Waals surface area contributed by atoms with Crippen LogP contribution in [0.15, 0.2) is 30.5 Å². The number of ether oxygens (including phenoxy) is 1. The second-order valence-electron chi connectivity index (χ2n) is 6.35. The Morgan fingerprint density at radius 1 is 1.46 bits per heavy atom. The molecule has 2 rings (SSSR count). The first-order chi connectivity index (χ1) is 13.3. The highest BCUT2D eigenvalue weighted by atomic mass is 35.5. The second kappa shape index (κ2) is 10.4. The maximum atomic E-state index is 13.3. The minimum Gasteiger partial charge on any atom is -0.484 e. The minimum absolute atomic E-state index is 0.0240. The Morgan fingerprint density at radius 3 is 2.89 bits per heavy atom. The summed E-state index contributed by atoms with van der Waals surface area (Å²) in [6.45, 7) is 5.64. The highest BCUT2D eigenvalue weighted by Crippen LogP contribution is 2.20. The van der Waals surface area contributed by atoms with Crippen LogP contribution in [0.5, 0.6) is 5.75 Å². The fourth-order valence-corrected chi connectivity index (χ4v) is 2.40. The van der Waals surface area contributed by atoms with Crippen LogP contribution in [0.1, 0.15) is 19.8 Å². The van der Waals surface area contributed by atoms with Gasteiger partial charge in [-0.15, -0.1) is 4.99 Å². The molecule has 2 N–H and O–H groups in total. The Kier molecular flexibility index (Phi) is 8.18. The van der Waals surface area contributed by atoms with Crippen molar-refractivity contribution >= 4 is 23.4 Å². The lowest BCUT2D eigenvalue weighted by Crippen LogP contribution is -2.46. The molecule has 2 unspecified atom stereocenters. The molecule has 2 amide bonds. The summed E-state index contributed by atoms with van der Waals surface area (Å²) < 4.78 is 18.5. The van der Waals surface area contributed by atoms with E-state index in [1.807, 2.05) is 6.92 Å². The topological polar surface area (TPSA) is 89.1 Å². The summed E-state index contributed by atoms with van der Waals surface area (Å²) in [5.41, 5.74) is 0.432. The van der Waals surface area contributed by atoms with Gasteiger partial charge in [0.15, 0.2) is 12.7 Å². The van der Waals surface area contributed by atoms with Crippen molar-refractivity contribution < 1.29 is 28.6 Å². The summed E-state index contributed by atoms with van der Waals surface area (Å²) in [7, 11) is 1.72. The van der Waals surface area contributed by atoms with Crippen LogP contribution >= 0.6 is 11.6 Å². The highest BCUT2D eigenvalue weighted by molar-refractivity contribution is 6.30. The maximum absolute atomic E-state index is 13.3. The molecule has 1 aromatic rings. The highest BCUT2D eigenvalue weighted by Gasteiger charge is 2.31. The van der Waals surface area contributed by atoms with Gasteiger partial charge in [-0.1, -0.05) is 18.2 Å². The van der Waals surface area contributed by atoms with Crippen molar-refractivity contribution in [3.05, 3.63) is 41.3 Å². The number of benzene rings is 1. The van der Waals surface area contributed by atoms with E-state index in [4.69, 9.17) is 26.2 Å². The number of hydrogen-bond donors (Lipinski definition) is 2. The predicted octanol–water partition coefficient (Wildman–Crippen LogP) is 1.95. The molecule has 154 valence electrons. The van der Waals surface area contributed by atoms with E-state index in [0.29, 0.717) is 18.5 Å². The summed E-state index contributed by atoms with van der Waals surface area (Å²) in [6, 6.07) is 3.94. The number of hydrogen-bond acceptors (Lipinski definition) is 6. The molecule has 0 saturated carbocycles. The van der Waals surface area contributed by atoms with E-state index in [1.54, 1.807) is 7.05 Å². The molecule has 1 aromatic carbocycles. The fraction of sp³-hybridized carbons (Fsp3) is 0.444. The van der Waals surface area contributed by atoms with E-state index >= 15 is 0 Å². The minimum atomic E-state index is -0.731. The van der Waals surface area contributed by atoms with E-state index in [9.17, 15) is 14.0 Å². The lowest BCUT2D eigenvalue weighted by molar-refractivity contribution is -0.464. The standard InChI is InChI=1S/C18H23ClFN3O5/c1-11(22-18(25)16-8-12(2)23(3)28-27-16)6-7-21-17(24)10-26-13-4-5-14(19)15(20)9-13/h4-5,9,12,16H,1,6-8,10H2,2-3H3,(H,21,24)(H,22,25). The molecule has 0 radical (unpaired) electrons. The smallest absolute Gasteiger partial charge is 0.257 e. The number of nitrogens with zero attached hydrogens (tertiary/aromatic N) is 1. The largest absolute Gasteiger partial charge is 0.484 e. The van der Waals surface area contributed by atoms with Gasteiger partial charge in [0, 0.05) is 44.2 Å². The van der Waals surface area contributed by atoms with Gasteiger partial charge in [-0.2, -0.15) is 5.06 Å². The molecule has 1 fully saturated rings. The lowest BCUT2D eigenvalue weighted by Gasteiger charge is -2.31. The van der Waals surface area contributed by atoms with Gasteiger partial charge in [0.25, 0.3) is 11.8 Å². The number of carbonyl (C=O) groups is 2. The molecule has 2 atom stereocenters. The molecular formula is C18H23ClFN3O5. The van der Waals surface area contributed by atoms with Crippen LogP contribution < -0.4 is 15.4 Å². The van der Waals surface area contributed by atoms with Crippen molar-refractivity contribution in [3.8, 4) is 5.75 Å². The van der Waals surface area contributed by atoms with Crippen LogP contribution in [0.25, 0.3) is 0 Å². The molecule has 10 heteroatoms. The normalized spacial score (nSPS) is 19.7. The van der Waals surface area contributed by atoms with Gasteiger partial charge >= 0.3 is 0 Å². The van der Waals surface area contributed by atoms with E-state index in [2.05, 4.69) is 17.2 Å². The van der Waals surface area contributed by atoms with Gasteiger partial charge < -0.3 is 15.4 Å². The van der Waals surface area contributed by atoms with Crippen LogP contribution in [-0.4, -0.2) is 49.2 Å². The fourth-order valence-electron chi connectivity index (χ4n) is 2.28. The van der Waals surface area contributed by atoms with E-state index in [0.717, 1.165) is 6.07 Å². The summed E-state index contributed by atoms with van der Waals surface area (Å²) in [5.74, 6) is -1.18. The van der Waals surface area contributed by atoms with Crippen LogP contribution in [0, 0.1) is 5.82 Å². The Morgan fingerprint density at radius 2 is 2.21 bits per heavy atom. The van der Waals surface area contributed by atoms with Gasteiger partial charge in [-0.25, -0.2) is 9.28 Å². The molecule has 0 aliphatic carbocycles. The number of rotatable bonds is 8. The zero-order chi connectivity index (χ0) is 20.7. The average Bonchev–Trinajstić information content (AvgIpc) is 2.64. The molecular weight excluding hydrogens is 393 g/mol. The number of hydroxylamine groups is 2. The zero-order valence-corrected chi connectivity index (χ0v) is 16.4. The Balaban J connectivity index is 1.63. The van der Waals surface area contributed by atoms with Crippen LogP contribution in [0.2, 0.25) is 5.02 Å². The van der Waals surface area contributed by atoms with Gasteiger partial charge in [-0.05, 0) is 19.1 Å². The van der Waals surface area contributed by atoms with Crippen molar-refractivity contribution in [2.75, 3.05) is 20.2 Å². The van der Waals surface area contributed by atoms with E-state index < -0.39 is 17.8 Å². The zero-order valence-electron chi connectivity index (χ0n) is 15.7. The Bertz CT molecular complexity index is 733. The van der Waals surface area contributed by atoms with Crippen LogP contribution in [-0.2, 0) is 19.5 Å². The molecule has 8 nitrogen and oxygen atoms in total. The maximum Gasteiger partial charge on any atom is 0.257 e. The lowest BCUT2D eigenvalue weighted by atomic mass is 10.1. The molecule has 1 saturated heterocycles. The Labute approximate surface area is 167 Å². The first kappa shape index (κ1) is 22.1. The van der Waals surface area contributed by atoms with Crippen LogP contribution in [0.4, 0.5) is 4.39 Å². The molecule has 0 bridgehead atoms. The number of halogens is 2. The molecule has 28 heavy (non-hydrogen) atoms. The van der Waals surface area contributed by atoms with E-state index in [1.165, 1.54) is 17.2 Å². The predicted molar refractivity (Wildman–Crippen MR) is 99.6 cm³/mol. The molecule has 1 aliphatic rings. The van der Waals surface area contributed by atoms with Crippen molar-refractivity contribution in [2.45, 2.75) is 31.9 Å². The second-order valence-corrected chi connectivity index (χ2v) is 6.75. The average molecular weight is 416 g/mol. The third-order valence-electron chi connectivity index (χ3n) is 4.06. The summed E-state index contributed by atoms with van der Waals surface area (Å²) in [6.07, 6.45) is 0.0798. The summed E-state index contributed by atoms with van der Waals surface area (Å²) in [5, 5.41) is 6.75. The van der Waals surface area contributed by atoms with Crippen LogP contribution in [0.3, 0.4) is 0 Å². The van der Waals surface area contributed by atoms with Gasteiger partial charge in [0.2, 0.25) is 0 Å². The number of nitrogens with one attached hydrogen (secondary N) is 2. The number of carbonyl (C=O) groups excluding carboxylic acids is 2. The molecule has 0 spiro atoms. The molecule has 1 aliphatic heterocycles. The quantitative estimate of drug-likeness (QED) is 0.631. The Hall–Kier alpha value is -2.20. The van der Waals surface area contributed by atoms with Crippen molar-refractivity contribution in [1.29, 1.82) is 0 Å². The monoisotopic (exact) mass is 415 g/mol. The van der Waals surface area contributed by atoms with Crippen molar-refractivity contribution in [1.82, 2.24) is 15.7 Å². The van der Waals surface area contributed by atoms with E-state index in [-0.39, 0.29) is 35.9 Å². The SMILES string of the molecule is C=C(CCNC(=O)COc1ccc(Cl)c(F)c1)NC(=O)C1CC(C)N(C)OO1. The third kappa shape index (κ3) is 6.75. The van der Waals surface area contributed by atoms with Gasteiger partial charge in [0.05, 0.1) is 5.02 Å². The van der Waals surface area contributed by atoms with Crippen molar-refractivity contribution in [3.63, 3.8) is 0 Å². The van der Waals surface area contributed by atoms with Gasteiger partial charge in [0.1, 0.15) is 11.6 Å². The molecule has 1 heterocycles. The number of amides is 2. The van der Waals surface area contributed by atoms with Gasteiger partial charge in [-0.3, -0.25) is 9.59 Å². The first-order valence-corrected chi connectivity index (χ1v) is 9.03. The first-order valence-electron chi connectivity index (χ1n) is 8.65. The molecule has 0 aromatic heterocycles. The summed E-state index contributed by atoms with van der Waals surface area (Å²) >= 11 is 5.58. The van der Waals surface area contributed by atoms with Crippen molar-refractivity contribution in [2.24, 2.45) is 0 Å². The third-order valence-corrected chi connectivity index (χ3v) is 4.36. The summed E-state index contributed by atoms with van der Waals surface area (Å²) in [4.78, 5) is 33.8.